The van der Waals surface area contributed by atoms with Crippen LogP contribution in [0.4, 0.5) is 18.9 Å². The summed E-state index contributed by atoms with van der Waals surface area (Å²) in [5, 5.41) is 8.76. The Morgan fingerprint density at radius 2 is 1.77 bits per heavy atom. The first kappa shape index (κ1) is 21.3. The van der Waals surface area contributed by atoms with E-state index in [0.29, 0.717) is 22.6 Å². The van der Waals surface area contributed by atoms with Crippen LogP contribution in [-0.2, 0) is 28.8 Å². The van der Waals surface area contributed by atoms with Gasteiger partial charge in [-0.25, -0.2) is 0 Å². The van der Waals surface area contributed by atoms with E-state index in [4.69, 9.17) is 19.1 Å². The van der Waals surface area contributed by atoms with Gasteiger partial charge in [-0.1, -0.05) is 12.1 Å². The van der Waals surface area contributed by atoms with Crippen molar-refractivity contribution in [2.45, 2.75) is 19.2 Å². The Hall–Kier alpha value is -3.46. The first-order valence-electron chi connectivity index (χ1n) is 8.79. The molecular weight excluding hydrogens is 403 g/mol. The van der Waals surface area contributed by atoms with Crippen LogP contribution in [0.25, 0.3) is 11.3 Å². The minimum Gasteiger partial charge on any atom is -0.497 e. The van der Waals surface area contributed by atoms with Gasteiger partial charge in [-0.2, -0.15) is 13.2 Å². The Bertz CT molecular complexity index is 995. The van der Waals surface area contributed by atoms with E-state index in [1.165, 1.54) is 13.2 Å². The summed E-state index contributed by atoms with van der Waals surface area (Å²) in [4.78, 5) is 15.9. The molecule has 9 heteroatoms. The Labute approximate surface area is 169 Å². The van der Waals surface area contributed by atoms with Crippen molar-refractivity contribution in [3.63, 3.8) is 0 Å². The molecule has 0 fully saturated rings. The quantitative estimate of drug-likeness (QED) is 0.490. The van der Waals surface area contributed by atoms with Gasteiger partial charge in [0.05, 0.1) is 19.2 Å². The maximum absolute atomic E-state index is 13.4. The van der Waals surface area contributed by atoms with E-state index < -0.39 is 24.5 Å². The molecule has 0 radical (unpaired) electrons. The van der Waals surface area contributed by atoms with E-state index in [2.05, 4.69) is 5.48 Å². The van der Waals surface area contributed by atoms with Crippen LogP contribution >= 0.6 is 0 Å². The molecule has 0 atom stereocenters. The van der Waals surface area contributed by atoms with Gasteiger partial charge >= 0.3 is 12.1 Å². The molecule has 1 aromatic heterocycles. The number of anilines is 1. The molecule has 3 aromatic rings. The standard InChI is InChI=1S/C21H18F3NO5/c1-28-17-8-4-14(5-9-17)18-11-15(20(30-18)21(22,23)24)12-29-25-16-6-2-13(3-7-16)10-19(26)27/h2-9,11,25H,10,12H2,1H3,(H,26,27). The highest BCUT2D eigenvalue weighted by Gasteiger charge is 2.38. The number of nitrogens with one attached hydrogen (secondary N) is 1. The van der Waals surface area contributed by atoms with E-state index in [0.717, 1.165) is 0 Å². The number of ether oxygens (including phenoxy) is 1. The third-order valence-electron chi connectivity index (χ3n) is 4.17. The maximum Gasteiger partial charge on any atom is 0.449 e. The molecular formula is C21H18F3NO5. The molecule has 0 aliphatic heterocycles. The second kappa shape index (κ2) is 8.91. The smallest absolute Gasteiger partial charge is 0.449 e. The van der Waals surface area contributed by atoms with Crippen LogP contribution in [0.2, 0.25) is 0 Å². The van der Waals surface area contributed by atoms with E-state index in [1.54, 1.807) is 48.5 Å². The van der Waals surface area contributed by atoms with Crippen molar-refractivity contribution in [1.82, 2.24) is 0 Å². The molecule has 1 heterocycles. The van der Waals surface area contributed by atoms with E-state index in [9.17, 15) is 18.0 Å². The van der Waals surface area contributed by atoms with Gasteiger partial charge in [0.15, 0.2) is 0 Å². The SMILES string of the molecule is COc1ccc(-c2cc(CONc3ccc(CC(=O)O)cc3)c(C(F)(F)F)o2)cc1. The average molecular weight is 421 g/mol. The molecule has 0 bridgehead atoms. The van der Waals surface area contributed by atoms with Crippen LogP contribution in [0.15, 0.2) is 59.0 Å². The number of hydrogen-bond acceptors (Lipinski definition) is 5. The normalized spacial score (nSPS) is 11.3. The van der Waals surface area contributed by atoms with Crippen molar-refractivity contribution in [1.29, 1.82) is 0 Å². The summed E-state index contributed by atoms with van der Waals surface area (Å²) in [5.74, 6) is -1.46. The molecule has 158 valence electrons. The van der Waals surface area contributed by atoms with Gasteiger partial charge in [0.1, 0.15) is 18.1 Å². The minimum absolute atomic E-state index is 0.0570. The fourth-order valence-corrected chi connectivity index (χ4v) is 2.74. The molecule has 30 heavy (non-hydrogen) atoms. The number of carbonyl (C=O) groups is 1. The van der Waals surface area contributed by atoms with Crippen LogP contribution in [0.1, 0.15) is 16.9 Å². The fourth-order valence-electron chi connectivity index (χ4n) is 2.74. The fraction of sp³-hybridized carbons (Fsp3) is 0.190. The van der Waals surface area contributed by atoms with Crippen molar-refractivity contribution in [3.05, 3.63) is 71.5 Å². The Kier molecular flexibility index (Phi) is 6.31. The molecule has 0 aliphatic carbocycles. The molecule has 0 unspecified atom stereocenters. The number of methoxy groups -OCH3 is 1. The van der Waals surface area contributed by atoms with Crippen molar-refractivity contribution < 1.29 is 37.1 Å². The van der Waals surface area contributed by atoms with E-state index in [-0.39, 0.29) is 17.7 Å². The number of hydrogen-bond donors (Lipinski definition) is 2. The predicted molar refractivity (Wildman–Crippen MR) is 102 cm³/mol. The van der Waals surface area contributed by atoms with Crippen molar-refractivity contribution >= 4 is 11.7 Å². The highest BCUT2D eigenvalue weighted by Crippen LogP contribution is 2.37. The molecule has 0 aliphatic rings. The Morgan fingerprint density at radius 3 is 2.33 bits per heavy atom. The first-order chi connectivity index (χ1) is 14.3. The van der Waals surface area contributed by atoms with Gasteiger partial charge < -0.3 is 14.3 Å². The summed E-state index contributed by atoms with van der Waals surface area (Å²) in [7, 11) is 1.49. The second-order valence-corrected chi connectivity index (χ2v) is 6.35. The number of furan rings is 1. The molecule has 0 saturated carbocycles. The number of rotatable bonds is 8. The largest absolute Gasteiger partial charge is 0.497 e. The van der Waals surface area contributed by atoms with Crippen LogP contribution < -0.4 is 10.2 Å². The predicted octanol–water partition coefficient (Wildman–Crippen LogP) is 5.14. The van der Waals surface area contributed by atoms with Crippen molar-refractivity contribution in [2.24, 2.45) is 0 Å². The number of alkyl halides is 3. The highest BCUT2D eigenvalue weighted by molar-refractivity contribution is 5.70. The zero-order valence-corrected chi connectivity index (χ0v) is 15.8. The van der Waals surface area contributed by atoms with Crippen LogP contribution in [0, 0.1) is 0 Å². The molecule has 0 saturated heterocycles. The molecule has 6 nitrogen and oxygen atoms in total. The van der Waals surface area contributed by atoms with Crippen LogP contribution in [0.3, 0.4) is 0 Å². The van der Waals surface area contributed by atoms with E-state index in [1.807, 2.05) is 0 Å². The maximum atomic E-state index is 13.4. The number of benzene rings is 2. The Morgan fingerprint density at radius 1 is 1.10 bits per heavy atom. The molecule has 0 spiro atoms. The number of carboxylic acid groups (broad SMARTS) is 1. The lowest BCUT2D eigenvalue weighted by molar-refractivity contribution is -0.154. The molecule has 3 rings (SSSR count). The summed E-state index contributed by atoms with van der Waals surface area (Å²) in [6.07, 6.45) is -4.80. The third kappa shape index (κ3) is 5.32. The van der Waals surface area contributed by atoms with Crippen molar-refractivity contribution in [3.8, 4) is 17.1 Å². The second-order valence-electron chi connectivity index (χ2n) is 6.35. The lowest BCUT2D eigenvalue weighted by Crippen LogP contribution is -2.09. The monoisotopic (exact) mass is 421 g/mol. The lowest BCUT2D eigenvalue weighted by atomic mass is 10.1. The van der Waals surface area contributed by atoms with Crippen LogP contribution in [0.5, 0.6) is 5.75 Å². The zero-order chi connectivity index (χ0) is 21.7. The van der Waals surface area contributed by atoms with Gasteiger partial charge in [-0.15, -0.1) is 0 Å². The van der Waals surface area contributed by atoms with Gasteiger partial charge in [0.25, 0.3) is 0 Å². The number of aliphatic carboxylic acids is 1. The van der Waals surface area contributed by atoms with Crippen molar-refractivity contribution in [2.75, 3.05) is 12.6 Å². The van der Waals surface area contributed by atoms with Gasteiger partial charge in [0.2, 0.25) is 5.76 Å². The van der Waals surface area contributed by atoms with Gasteiger partial charge in [0, 0.05) is 11.1 Å². The first-order valence-corrected chi connectivity index (χ1v) is 8.79. The summed E-state index contributed by atoms with van der Waals surface area (Å²) in [5.41, 5.74) is 3.91. The Balaban J connectivity index is 1.71. The summed E-state index contributed by atoms with van der Waals surface area (Å²) in [6.45, 7) is -0.397. The summed E-state index contributed by atoms with van der Waals surface area (Å²) >= 11 is 0. The highest BCUT2D eigenvalue weighted by atomic mass is 19.4. The number of halogens is 3. The minimum atomic E-state index is -4.68. The topological polar surface area (TPSA) is 80.9 Å². The van der Waals surface area contributed by atoms with E-state index >= 15 is 0 Å². The molecule has 0 amide bonds. The summed E-state index contributed by atoms with van der Waals surface area (Å²) in [6, 6.07) is 14.0. The lowest BCUT2D eigenvalue weighted by Gasteiger charge is -2.09. The summed E-state index contributed by atoms with van der Waals surface area (Å²) < 4.78 is 50.2. The zero-order valence-electron chi connectivity index (χ0n) is 15.8. The average Bonchev–Trinajstić information content (AvgIpc) is 3.14. The number of carboxylic acids is 1. The van der Waals surface area contributed by atoms with Gasteiger partial charge in [-0.05, 0) is 48.0 Å². The molecule has 2 N–H and O–H groups in total. The third-order valence-corrected chi connectivity index (χ3v) is 4.17. The van der Waals surface area contributed by atoms with Gasteiger partial charge in [-0.3, -0.25) is 15.1 Å². The molecule has 2 aromatic carbocycles. The van der Waals surface area contributed by atoms with Crippen LogP contribution in [-0.4, -0.2) is 18.2 Å².